The smallest absolute Gasteiger partial charge is 0.255 e. The summed E-state index contributed by atoms with van der Waals surface area (Å²) in [5.41, 5.74) is 6.37. The van der Waals surface area contributed by atoms with Crippen molar-refractivity contribution in [3.63, 3.8) is 0 Å². The van der Waals surface area contributed by atoms with Gasteiger partial charge in [-0.3, -0.25) is 4.79 Å². The normalized spacial score (nSPS) is 11.0. The number of fused-ring (bicyclic) bond motifs is 1. The lowest BCUT2D eigenvalue weighted by Crippen LogP contribution is -2.12. The summed E-state index contributed by atoms with van der Waals surface area (Å²) < 4.78 is 3.86. The number of anilines is 1. The van der Waals surface area contributed by atoms with Crippen LogP contribution in [0.5, 0.6) is 0 Å². The number of imidazole rings is 1. The number of carbonyl (C=O) groups excluding carboxylic acids is 1. The Labute approximate surface area is 179 Å². The number of carbonyl (C=O) groups is 1. The van der Waals surface area contributed by atoms with Gasteiger partial charge in [-0.1, -0.05) is 12.1 Å². The first-order valence-electron chi connectivity index (χ1n) is 10.0. The second kappa shape index (κ2) is 7.57. The topological polar surface area (TPSA) is 64.7 Å². The fourth-order valence-corrected chi connectivity index (χ4v) is 3.63. The van der Waals surface area contributed by atoms with Crippen LogP contribution in [0.1, 0.15) is 15.9 Å². The highest BCUT2D eigenvalue weighted by atomic mass is 16.1. The molecule has 6 heteroatoms. The molecule has 0 spiro atoms. The third-order valence-electron chi connectivity index (χ3n) is 5.29. The highest BCUT2D eigenvalue weighted by Gasteiger charge is 2.11. The Morgan fingerprint density at radius 1 is 0.935 bits per heavy atom. The molecule has 0 aliphatic rings. The molecule has 0 unspecified atom stereocenters. The maximum absolute atomic E-state index is 12.6. The molecule has 6 nitrogen and oxygen atoms in total. The standard InChI is InChI=1S/C25H21N5O/c1-17-15-26-30(16-17)21-13-9-19(10-14-21)25(31)27-20-11-7-18(8-12-20)24-28-22-5-3-4-6-23(22)29(24)2/h3-16H,1-2H3,(H,27,31). The van der Waals surface area contributed by atoms with E-state index in [1.165, 1.54) is 0 Å². The highest BCUT2D eigenvalue weighted by Crippen LogP contribution is 2.25. The fourth-order valence-electron chi connectivity index (χ4n) is 3.63. The zero-order chi connectivity index (χ0) is 21.4. The van der Waals surface area contributed by atoms with Gasteiger partial charge in [0.15, 0.2) is 0 Å². The number of nitrogens with one attached hydrogen (secondary N) is 1. The van der Waals surface area contributed by atoms with Crippen molar-refractivity contribution in [2.24, 2.45) is 7.05 Å². The van der Waals surface area contributed by atoms with E-state index < -0.39 is 0 Å². The van der Waals surface area contributed by atoms with Gasteiger partial charge in [-0.25, -0.2) is 9.67 Å². The van der Waals surface area contributed by atoms with Crippen molar-refractivity contribution in [1.29, 1.82) is 0 Å². The average Bonchev–Trinajstić information content (AvgIpc) is 3.38. The lowest BCUT2D eigenvalue weighted by atomic mass is 10.1. The van der Waals surface area contributed by atoms with Crippen LogP contribution in [0, 0.1) is 6.92 Å². The molecular formula is C25H21N5O. The maximum Gasteiger partial charge on any atom is 0.255 e. The molecule has 5 rings (SSSR count). The van der Waals surface area contributed by atoms with Crippen molar-refractivity contribution in [3.8, 4) is 17.1 Å². The first-order chi connectivity index (χ1) is 15.1. The Morgan fingerprint density at radius 2 is 1.68 bits per heavy atom. The van der Waals surface area contributed by atoms with Gasteiger partial charge in [-0.2, -0.15) is 5.10 Å². The van der Waals surface area contributed by atoms with E-state index in [4.69, 9.17) is 4.98 Å². The molecule has 1 amide bonds. The molecule has 0 atom stereocenters. The van der Waals surface area contributed by atoms with Crippen molar-refractivity contribution in [1.82, 2.24) is 19.3 Å². The lowest BCUT2D eigenvalue weighted by Gasteiger charge is -2.08. The van der Waals surface area contributed by atoms with E-state index in [1.807, 2.05) is 74.8 Å². The molecule has 0 bridgehead atoms. The second-order valence-electron chi connectivity index (χ2n) is 7.52. The van der Waals surface area contributed by atoms with Gasteiger partial charge in [0, 0.05) is 30.1 Å². The van der Waals surface area contributed by atoms with Crippen LogP contribution in [0.2, 0.25) is 0 Å². The maximum atomic E-state index is 12.6. The van der Waals surface area contributed by atoms with E-state index in [2.05, 4.69) is 21.0 Å². The Morgan fingerprint density at radius 3 is 2.35 bits per heavy atom. The molecule has 1 N–H and O–H groups in total. The van der Waals surface area contributed by atoms with Crippen LogP contribution in [-0.4, -0.2) is 25.2 Å². The summed E-state index contributed by atoms with van der Waals surface area (Å²) in [6.07, 6.45) is 3.75. The summed E-state index contributed by atoms with van der Waals surface area (Å²) in [4.78, 5) is 17.4. The van der Waals surface area contributed by atoms with E-state index in [1.54, 1.807) is 23.0 Å². The molecule has 0 fully saturated rings. The zero-order valence-corrected chi connectivity index (χ0v) is 17.3. The van der Waals surface area contributed by atoms with E-state index >= 15 is 0 Å². The molecule has 152 valence electrons. The van der Waals surface area contributed by atoms with Crippen LogP contribution in [0.3, 0.4) is 0 Å². The Bertz CT molecular complexity index is 1380. The predicted molar refractivity (Wildman–Crippen MR) is 122 cm³/mol. The summed E-state index contributed by atoms with van der Waals surface area (Å²) >= 11 is 0. The predicted octanol–water partition coefficient (Wildman–Crippen LogP) is 4.99. The van der Waals surface area contributed by atoms with E-state index in [0.29, 0.717) is 5.56 Å². The van der Waals surface area contributed by atoms with Gasteiger partial charge in [-0.15, -0.1) is 0 Å². The monoisotopic (exact) mass is 407 g/mol. The van der Waals surface area contributed by atoms with Crippen molar-refractivity contribution in [2.75, 3.05) is 5.32 Å². The second-order valence-corrected chi connectivity index (χ2v) is 7.52. The van der Waals surface area contributed by atoms with E-state index in [-0.39, 0.29) is 5.91 Å². The molecule has 0 aliphatic heterocycles. The minimum absolute atomic E-state index is 0.154. The van der Waals surface area contributed by atoms with Gasteiger partial charge in [0.1, 0.15) is 5.82 Å². The summed E-state index contributed by atoms with van der Waals surface area (Å²) in [7, 11) is 2.01. The van der Waals surface area contributed by atoms with Crippen molar-refractivity contribution in [3.05, 3.63) is 96.3 Å². The van der Waals surface area contributed by atoms with Crippen molar-refractivity contribution >= 4 is 22.6 Å². The van der Waals surface area contributed by atoms with Crippen molar-refractivity contribution < 1.29 is 4.79 Å². The number of aryl methyl sites for hydroxylation is 2. The van der Waals surface area contributed by atoms with Crippen LogP contribution in [0.25, 0.3) is 28.1 Å². The molecule has 0 saturated heterocycles. The van der Waals surface area contributed by atoms with Gasteiger partial charge in [-0.05, 0) is 73.2 Å². The minimum Gasteiger partial charge on any atom is -0.327 e. The molecular weight excluding hydrogens is 386 g/mol. The van der Waals surface area contributed by atoms with Gasteiger partial charge in [0.25, 0.3) is 5.91 Å². The van der Waals surface area contributed by atoms with Crippen LogP contribution >= 0.6 is 0 Å². The number of benzene rings is 3. The Balaban J connectivity index is 1.32. The SMILES string of the molecule is Cc1cnn(-c2ccc(C(=O)Nc3ccc(-c4nc5ccccc5n4C)cc3)cc2)c1. The third-order valence-corrected chi connectivity index (χ3v) is 5.29. The third kappa shape index (κ3) is 3.59. The Hall–Kier alpha value is -4.19. The molecule has 5 aromatic rings. The van der Waals surface area contributed by atoms with Crippen LogP contribution in [-0.2, 0) is 7.05 Å². The van der Waals surface area contributed by atoms with Crippen LogP contribution in [0.15, 0.2) is 85.2 Å². The summed E-state index contributed by atoms with van der Waals surface area (Å²) in [6, 6.07) is 23.2. The minimum atomic E-state index is -0.154. The summed E-state index contributed by atoms with van der Waals surface area (Å²) in [5.74, 6) is 0.738. The molecule has 0 radical (unpaired) electrons. The number of aromatic nitrogens is 4. The van der Waals surface area contributed by atoms with E-state index in [0.717, 1.165) is 39.4 Å². The molecule has 2 aromatic heterocycles. The van der Waals surface area contributed by atoms with Gasteiger partial charge in [0.05, 0.1) is 22.9 Å². The number of hydrogen-bond donors (Lipinski definition) is 1. The number of hydrogen-bond acceptors (Lipinski definition) is 3. The van der Waals surface area contributed by atoms with Crippen LogP contribution in [0.4, 0.5) is 5.69 Å². The first kappa shape index (κ1) is 18.8. The molecule has 31 heavy (non-hydrogen) atoms. The summed E-state index contributed by atoms with van der Waals surface area (Å²) in [6.45, 7) is 1.99. The number of para-hydroxylation sites is 2. The number of rotatable bonds is 4. The number of nitrogens with zero attached hydrogens (tertiary/aromatic N) is 4. The van der Waals surface area contributed by atoms with E-state index in [9.17, 15) is 4.79 Å². The first-order valence-corrected chi connectivity index (χ1v) is 10.0. The number of amides is 1. The largest absolute Gasteiger partial charge is 0.327 e. The lowest BCUT2D eigenvalue weighted by molar-refractivity contribution is 0.102. The average molecular weight is 407 g/mol. The zero-order valence-electron chi connectivity index (χ0n) is 17.3. The van der Waals surface area contributed by atoms with Gasteiger partial charge < -0.3 is 9.88 Å². The Kier molecular flexibility index (Phi) is 4.59. The highest BCUT2D eigenvalue weighted by molar-refractivity contribution is 6.04. The summed E-state index contributed by atoms with van der Waals surface area (Å²) in [5, 5.41) is 7.24. The quantitative estimate of drug-likeness (QED) is 0.457. The fraction of sp³-hybridized carbons (Fsp3) is 0.0800. The van der Waals surface area contributed by atoms with Gasteiger partial charge in [0.2, 0.25) is 0 Å². The molecule has 3 aromatic carbocycles. The molecule has 2 heterocycles. The van der Waals surface area contributed by atoms with Crippen LogP contribution < -0.4 is 5.32 Å². The van der Waals surface area contributed by atoms with Gasteiger partial charge >= 0.3 is 0 Å². The molecule has 0 aliphatic carbocycles. The molecule has 0 saturated carbocycles. The van der Waals surface area contributed by atoms with Crippen molar-refractivity contribution in [2.45, 2.75) is 6.92 Å².